The molecule has 0 radical (unpaired) electrons. The number of rotatable bonds is 0. The molecule has 0 spiro atoms. The Labute approximate surface area is 73.3 Å². The van der Waals surface area contributed by atoms with E-state index in [4.69, 9.17) is 0 Å². The summed E-state index contributed by atoms with van der Waals surface area (Å²) in [7, 11) is 0. The van der Waals surface area contributed by atoms with Gasteiger partial charge >= 0.3 is 0 Å². The average molecular weight is 162 g/mol. The molecule has 1 unspecified atom stereocenters. The molecule has 0 saturated carbocycles. The van der Waals surface area contributed by atoms with E-state index < -0.39 is 0 Å². The first kappa shape index (κ1) is 8.78. The first-order chi connectivity index (χ1) is 5.89. The van der Waals surface area contributed by atoms with Gasteiger partial charge in [0.2, 0.25) is 0 Å². The summed E-state index contributed by atoms with van der Waals surface area (Å²) in [6.45, 7) is 3.05. The summed E-state index contributed by atoms with van der Waals surface area (Å²) in [6.07, 6.45) is 1.75. The van der Waals surface area contributed by atoms with E-state index in [1.807, 2.05) is 36.4 Å². The van der Waals surface area contributed by atoms with Crippen molar-refractivity contribution in [3.8, 4) is 0 Å². The van der Waals surface area contributed by atoms with Crippen molar-refractivity contribution in [3.05, 3.63) is 36.4 Å². The number of nitrogens with zero attached hydrogens (tertiary/aromatic N) is 1. The van der Waals surface area contributed by atoms with Gasteiger partial charge in [0.05, 0.1) is 12.9 Å². The quantitative estimate of drug-likeness (QED) is 0.617. The molecule has 0 saturated heterocycles. The third-order valence-corrected chi connectivity index (χ3v) is 1.50. The monoisotopic (exact) mass is 162 g/mol. The minimum atomic E-state index is 0.574. The van der Waals surface area contributed by atoms with E-state index in [1.54, 1.807) is 6.34 Å². The van der Waals surface area contributed by atoms with Gasteiger partial charge in [0.1, 0.15) is 0 Å². The predicted molar refractivity (Wildman–Crippen MR) is 52.4 cm³/mol. The van der Waals surface area contributed by atoms with Crippen molar-refractivity contribution >= 4 is 6.34 Å². The second-order valence-electron chi connectivity index (χ2n) is 2.72. The molecule has 0 amide bonds. The molecule has 1 atom stereocenters. The van der Waals surface area contributed by atoms with E-state index in [0.717, 1.165) is 6.54 Å². The molecule has 1 heterocycles. The predicted octanol–water partition coefficient (Wildman–Crippen LogP) is 1.69. The lowest BCUT2D eigenvalue weighted by molar-refractivity contribution is 0.729. The summed E-state index contributed by atoms with van der Waals surface area (Å²) in [5, 5.41) is 3.03. The maximum atomic E-state index is 3.93. The highest BCUT2D eigenvalue weighted by Crippen LogP contribution is 1.84. The lowest BCUT2D eigenvalue weighted by Gasteiger charge is -1.94. The Bertz CT molecular complexity index is 184. The van der Waals surface area contributed by atoms with E-state index in [2.05, 4.69) is 17.2 Å². The van der Waals surface area contributed by atoms with Crippen molar-refractivity contribution in [2.45, 2.75) is 13.0 Å². The van der Waals surface area contributed by atoms with Crippen LogP contribution in [0, 0.1) is 0 Å². The van der Waals surface area contributed by atoms with Crippen molar-refractivity contribution in [2.75, 3.05) is 6.54 Å². The minimum absolute atomic E-state index is 0.574. The Balaban J connectivity index is 0.000000120. The fourth-order valence-electron chi connectivity index (χ4n) is 0.828. The Morgan fingerprint density at radius 1 is 1.08 bits per heavy atom. The van der Waals surface area contributed by atoms with Crippen LogP contribution in [-0.2, 0) is 0 Å². The fraction of sp³-hybridized carbons (Fsp3) is 0.300. The molecular formula is C10H14N2. The summed E-state index contributed by atoms with van der Waals surface area (Å²) in [4.78, 5) is 3.93. The molecular weight excluding hydrogens is 148 g/mol. The summed E-state index contributed by atoms with van der Waals surface area (Å²) in [6, 6.07) is 12.6. The third-order valence-electron chi connectivity index (χ3n) is 1.50. The van der Waals surface area contributed by atoms with E-state index in [-0.39, 0.29) is 0 Å². The molecule has 2 rings (SSSR count). The van der Waals surface area contributed by atoms with Crippen LogP contribution in [0.25, 0.3) is 0 Å². The zero-order chi connectivity index (χ0) is 8.65. The van der Waals surface area contributed by atoms with Gasteiger partial charge in [-0.15, -0.1) is 0 Å². The number of hydrogen-bond acceptors (Lipinski definition) is 2. The van der Waals surface area contributed by atoms with Crippen LogP contribution in [0.3, 0.4) is 0 Å². The van der Waals surface area contributed by atoms with E-state index in [9.17, 15) is 0 Å². The minimum Gasteiger partial charge on any atom is -0.372 e. The topological polar surface area (TPSA) is 24.4 Å². The molecule has 12 heavy (non-hydrogen) atoms. The van der Waals surface area contributed by atoms with Crippen molar-refractivity contribution in [2.24, 2.45) is 4.99 Å². The largest absolute Gasteiger partial charge is 0.372 e. The molecule has 1 N–H and O–H groups in total. The van der Waals surface area contributed by atoms with Crippen LogP contribution in [0.15, 0.2) is 41.4 Å². The van der Waals surface area contributed by atoms with Gasteiger partial charge in [-0.2, -0.15) is 0 Å². The van der Waals surface area contributed by atoms with Crippen molar-refractivity contribution < 1.29 is 0 Å². The highest BCUT2D eigenvalue weighted by molar-refractivity contribution is 5.57. The summed E-state index contributed by atoms with van der Waals surface area (Å²) in [5.74, 6) is 0. The standard InChI is InChI=1S/C6H6.C4H8N2/c1-2-4-6-5-3-1;1-4-2-5-3-6-4/h1-6H;3-4H,2H2,1H3,(H,5,6). The first-order valence-electron chi connectivity index (χ1n) is 4.14. The van der Waals surface area contributed by atoms with Crippen LogP contribution in [-0.4, -0.2) is 18.9 Å². The van der Waals surface area contributed by atoms with Crippen LogP contribution in [0.2, 0.25) is 0 Å². The second kappa shape index (κ2) is 5.35. The molecule has 1 aromatic carbocycles. The smallest absolute Gasteiger partial charge is 0.0827 e. The first-order valence-corrected chi connectivity index (χ1v) is 4.14. The number of aliphatic imine (C=N–C) groups is 1. The second-order valence-corrected chi connectivity index (χ2v) is 2.72. The highest BCUT2D eigenvalue weighted by Gasteiger charge is 1.98. The molecule has 2 heteroatoms. The third kappa shape index (κ3) is 3.76. The Morgan fingerprint density at radius 3 is 1.75 bits per heavy atom. The van der Waals surface area contributed by atoms with Gasteiger partial charge in [0.25, 0.3) is 0 Å². The SMILES string of the molecule is CC1CN=CN1.c1ccccc1. The van der Waals surface area contributed by atoms with Crippen LogP contribution in [0.5, 0.6) is 0 Å². The normalized spacial score (nSPS) is 19.2. The molecule has 0 aromatic heterocycles. The molecule has 0 fully saturated rings. The highest BCUT2D eigenvalue weighted by atomic mass is 15.0. The van der Waals surface area contributed by atoms with E-state index in [0.29, 0.717) is 6.04 Å². The maximum absolute atomic E-state index is 3.93. The molecule has 0 bridgehead atoms. The summed E-state index contributed by atoms with van der Waals surface area (Å²) in [5.41, 5.74) is 0. The Morgan fingerprint density at radius 2 is 1.58 bits per heavy atom. The summed E-state index contributed by atoms with van der Waals surface area (Å²) < 4.78 is 0. The van der Waals surface area contributed by atoms with Crippen LogP contribution in [0.4, 0.5) is 0 Å². The van der Waals surface area contributed by atoms with Gasteiger partial charge < -0.3 is 5.32 Å². The molecule has 1 aliphatic rings. The van der Waals surface area contributed by atoms with Gasteiger partial charge in [0, 0.05) is 6.04 Å². The zero-order valence-electron chi connectivity index (χ0n) is 7.27. The van der Waals surface area contributed by atoms with Crippen molar-refractivity contribution in [1.29, 1.82) is 0 Å². The molecule has 64 valence electrons. The lowest BCUT2D eigenvalue weighted by atomic mass is 10.4. The van der Waals surface area contributed by atoms with Gasteiger partial charge in [-0.25, -0.2) is 0 Å². The van der Waals surface area contributed by atoms with Crippen molar-refractivity contribution in [3.63, 3.8) is 0 Å². The maximum Gasteiger partial charge on any atom is 0.0827 e. The zero-order valence-corrected chi connectivity index (χ0v) is 7.27. The van der Waals surface area contributed by atoms with Crippen LogP contribution >= 0.6 is 0 Å². The number of hydrogen-bond donors (Lipinski definition) is 1. The number of nitrogens with one attached hydrogen (secondary N) is 1. The Hall–Kier alpha value is -1.31. The van der Waals surface area contributed by atoms with Crippen LogP contribution < -0.4 is 5.32 Å². The van der Waals surface area contributed by atoms with Crippen LogP contribution in [0.1, 0.15) is 6.92 Å². The van der Waals surface area contributed by atoms with Crippen molar-refractivity contribution in [1.82, 2.24) is 5.32 Å². The van der Waals surface area contributed by atoms with E-state index in [1.165, 1.54) is 0 Å². The molecule has 1 aliphatic heterocycles. The average Bonchev–Trinajstić information content (AvgIpc) is 2.60. The lowest BCUT2D eigenvalue weighted by Crippen LogP contribution is -2.19. The number of benzene rings is 1. The summed E-state index contributed by atoms with van der Waals surface area (Å²) >= 11 is 0. The Kier molecular flexibility index (Phi) is 3.92. The molecule has 1 aromatic rings. The van der Waals surface area contributed by atoms with Gasteiger partial charge in [-0.05, 0) is 6.92 Å². The molecule has 2 nitrogen and oxygen atoms in total. The van der Waals surface area contributed by atoms with Gasteiger partial charge in [0.15, 0.2) is 0 Å². The van der Waals surface area contributed by atoms with Gasteiger partial charge in [-0.3, -0.25) is 4.99 Å². The molecule has 0 aliphatic carbocycles. The fourth-order valence-corrected chi connectivity index (χ4v) is 0.828. The van der Waals surface area contributed by atoms with E-state index >= 15 is 0 Å². The van der Waals surface area contributed by atoms with Gasteiger partial charge in [-0.1, -0.05) is 36.4 Å².